The molecular formula is C8H12N2O3. The lowest BCUT2D eigenvalue weighted by Gasteiger charge is -2.15. The van der Waals surface area contributed by atoms with E-state index >= 15 is 0 Å². The molecule has 1 N–H and O–H groups in total. The van der Waals surface area contributed by atoms with Crippen LogP contribution in [-0.4, -0.2) is 46.2 Å². The number of rotatable bonds is 3. The summed E-state index contributed by atoms with van der Waals surface area (Å²) in [5.41, 5.74) is 0. The molecule has 0 aromatic carbocycles. The minimum absolute atomic E-state index is 0.322. The number of hydrogen-bond donors (Lipinski definition) is 1. The summed E-state index contributed by atoms with van der Waals surface area (Å²) in [6.07, 6.45) is 1.54. The molecule has 3 amide bonds. The first kappa shape index (κ1) is 9.73. The molecule has 13 heavy (non-hydrogen) atoms. The van der Waals surface area contributed by atoms with Crippen LogP contribution >= 0.6 is 0 Å². The Labute approximate surface area is 76.2 Å². The first-order chi connectivity index (χ1) is 6.13. The number of carbonyl (C=O) groups excluding carboxylic acids is 2. The average molecular weight is 184 g/mol. The van der Waals surface area contributed by atoms with Gasteiger partial charge < -0.3 is 10.0 Å². The Morgan fingerprint density at radius 3 is 2.62 bits per heavy atom. The smallest absolute Gasteiger partial charge is 0.329 e. The first-order valence-electron chi connectivity index (χ1n) is 3.97. The first-order valence-corrected chi connectivity index (χ1v) is 3.97. The van der Waals surface area contributed by atoms with Crippen molar-refractivity contribution >= 4 is 11.9 Å². The summed E-state index contributed by atoms with van der Waals surface area (Å²) >= 11 is 0. The molecule has 0 radical (unpaired) electrons. The van der Waals surface area contributed by atoms with Gasteiger partial charge in [-0.15, -0.1) is 6.58 Å². The minimum atomic E-state index is -0.560. The largest absolute Gasteiger partial charge is 0.376 e. The number of carbonyl (C=O) groups is 2. The van der Waals surface area contributed by atoms with Crippen LogP contribution in [0.1, 0.15) is 6.92 Å². The van der Waals surface area contributed by atoms with Crippen molar-refractivity contribution in [3.63, 3.8) is 0 Å². The van der Waals surface area contributed by atoms with Gasteiger partial charge in [-0.25, -0.2) is 9.69 Å². The van der Waals surface area contributed by atoms with E-state index in [1.165, 1.54) is 4.90 Å². The van der Waals surface area contributed by atoms with Gasteiger partial charge in [-0.05, 0) is 6.92 Å². The van der Waals surface area contributed by atoms with Gasteiger partial charge in [0.15, 0.2) is 0 Å². The van der Waals surface area contributed by atoms with Crippen LogP contribution in [0.5, 0.6) is 0 Å². The molecule has 1 aliphatic heterocycles. The van der Waals surface area contributed by atoms with Crippen molar-refractivity contribution in [2.75, 3.05) is 13.3 Å². The zero-order valence-electron chi connectivity index (χ0n) is 7.43. The molecule has 0 aromatic heterocycles. The standard InChI is InChI=1S/C8H12N2O3/c1-3-4-9-6(2)7(12)10(5-11)8(9)13/h3,6,11H,1,4-5H2,2H3. The molecule has 0 bridgehead atoms. The van der Waals surface area contributed by atoms with Crippen LogP contribution in [0.25, 0.3) is 0 Å². The SMILES string of the molecule is C=CCN1C(=O)N(CO)C(=O)C1C. The second-order valence-electron chi connectivity index (χ2n) is 2.81. The van der Waals surface area contributed by atoms with Gasteiger partial charge in [-0.1, -0.05) is 6.08 Å². The predicted octanol–water partition coefficient (Wildman–Crippen LogP) is -0.225. The number of imide groups is 1. The lowest BCUT2D eigenvalue weighted by molar-refractivity contribution is -0.130. The van der Waals surface area contributed by atoms with Crippen molar-refractivity contribution in [1.82, 2.24) is 9.80 Å². The maximum atomic E-state index is 11.4. The van der Waals surface area contributed by atoms with Crippen LogP contribution in [0.2, 0.25) is 0 Å². The van der Waals surface area contributed by atoms with E-state index in [1.54, 1.807) is 13.0 Å². The topological polar surface area (TPSA) is 60.9 Å². The maximum Gasteiger partial charge on any atom is 0.329 e. The van der Waals surface area contributed by atoms with Crippen molar-refractivity contribution in [2.45, 2.75) is 13.0 Å². The summed E-state index contributed by atoms with van der Waals surface area (Å²) < 4.78 is 0. The fourth-order valence-corrected chi connectivity index (χ4v) is 1.28. The van der Waals surface area contributed by atoms with Crippen LogP contribution in [0.15, 0.2) is 12.7 Å². The summed E-state index contributed by atoms with van der Waals surface area (Å²) in [7, 11) is 0. The summed E-state index contributed by atoms with van der Waals surface area (Å²) in [5.74, 6) is -0.366. The normalized spacial score (nSPS) is 22.8. The molecule has 72 valence electrons. The van der Waals surface area contributed by atoms with Crippen LogP contribution < -0.4 is 0 Å². The molecule has 5 heteroatoms. The van der Waals surface area contributed by atoms with Crippen molar-refractivity contribution in [3.8, 4) is 0 Å². The molecule has 1 fully saturated rings. The zero-order valence-corrected chi connectivity index (χ0v) is 7.43. The van der Waals surface area contributed by atoms with Gasteiger partial charge in [0.2, 0.25) is 0 Å². The molecule has 0 saturated carbocycles. The lowest BCUT2D eigenvalue weighted by Crippen LogP contribution is -2.34. The fraction of sp³-hybridized carbons (Fsp3) is 0.500. The number of urea groups is 1. The second kappa shape index (κ2) is 3.57. The monoisotopic (exact) mass is 184 g/mol. The van der Waals surface area contributed by atoms with Crippen LogP contribution in [0.4, 0.5) is 4.79 Å². The quantitative estimate of drug-likeness (QED) is 0.487. The summed E-state index contributed by atoms with van der Waals surface area (Å²) in [6.45, 7) is 4.87. The van der Waals surface area contributed by atoms with Gasteiger partial charge in [0.05, 0.1) is 0 Å². The van der Waals surface area contributed by atoms with Gasteiger partial charge in [-0.2, -0.15) is 0 Å². The molecule has 0 aliphatic carbocycles. The number of amides is 3. The maximum absolute atomic E-state index is 11.4. The highest BCUT2D eigenvalue weighted by molar-refractivity contribution is 6.03. The summed E-state index contributed by atoms with van der Waals surface area (Å²) in [4.78, 5) is 24.8. The summed E-state index contributed by atoms with van der Waals surface area (Å²) in [5, 5.41) is 8.74. The van der Waals surface area contributed by atoms with Crippen LogP contribution in [0, 0.1) is 0 Å². The number of aliphatic hydroxyl groups is 1. The highest BCUT2D eigenvalue weighted by atomic mass is 16.3. The van der Waals surface area contributed by atoms with E-state index in [0.717, 1.165) is 4.90 Å². The second-order valence-corrected chi connectivity index (χ2v) is 2.81. The van der Waals surface area contributed by atoms with Gasteiger partial charge in [0, 0.05) is 6.54 Å². The van der Waals surface area contributed by atoms with Gasteiger partial charge in [0.25, 0.3) is 5.91 Å². The molecule has 1 aliphatic rings. The molecule has 0 aromatic rings. The van der Waals surface area contributed by atoms with E-state index in [1.807, 2.05) is 0 Å². The highest BCUT2D eigenvalue weighted by Gasteiger charge is 2.41. The molecular weight excluding hydrogens is 172 g/mol. The number of nitrogens with zero attached hydrogens (tertiary/aromatic N) is 2. The third kappa shape index (κ3) is 1.42. The highest BCUT2D eigenvalue weighted by Crippen LogP contribution is 2.15. The fourth-order valence-electron chi connectivity index (χ4n) is 1.28. The molecule has 1 heterocycles. The van der Waals surface area contributed by atoms with E-state index in [9.17, 15) is 9.59 Å². The van der Waals surface area contributed by atoms with Crippen molar-refractivity contribution < 1.29 is 14.7 Å². The Bertz CT molecular complexity index is 252. The third-order valence-corrected chi connectivity index (χ3v) is 2.03. The van der Waals surface area contributed by atoms with Gasteiger partial charge in [-0.3, -0.25) is 4.79 Å². The third-order valence-electron chi connectivity index (χ3n) is 2.03. The van der Waals surface area contributed by atoms with E-state index in [4.69, 9.17) is 5.11 Å². The van der Waals surface area contributed by atoms with Crippen LogP contribution in [-0.2, 0) is 4.79 Å². The van der Waals surface area contributed by atoms with Gasteiger partial charge >= 0.3 is 6.03 Å². The minimum Gasteiger partial charge on any atom is -0.376 e. The van der Waals surface area contributed by atoms with E-state index < -0.39 is 18.8 Å². The number of aliphatic hydroxyl groups excluding tert-OH is 1. The van der Waals surface area contributed by atoms with E-state index in [2.05, 4.69) is 6.58 Å². The molecule has 1 rings (SSSR count). The lowest BCUT2D eigenvalue weighted by atomic mass is 10.3. The van der Waals surface area contributed by atoms with Crippen LogP contribution in [0.3, 0.4) is 0 Å². The van der Waals surface area contributed by atoms with E-state index in [0.29, 0.717) is 6.54 Å². The molecule has 1 atom stereocenters. The Kier molecular flexibility index (Phi) is 2.67. The van der Waals surface area contributed by atoms with E-state index in [-0.39, 0.29) is 5.91 Å². The average Bonchev–Trinajstić information content (AvgIpc) is 2.31. The Morgan fingerprint density at radius 1 is 1.62 bits per heavy atom. The molecule has 0 spiro atoms. The van der Waals surface area contributed by atoms with Crippen molar-refractivity contribution in [3.05, 3.63) is 12.7 Å². The number of hydrogen-bond acceptors (Lipinski definition) is 3. The zero-order chi connectivity index (χ0) is 10.0. The Balaban J connectivity index is 2.84. The predicted molar refractivity (Wildman–Crippen MR) is 45.7 cm³/mol. The molecule has 5 nitrogen and oxygen atoms in total. The van der Waals surface area contributed by atoms with Crippen molar-refractivity contribution in [1.29, 1.82) is 0 Å². The van der Waals surface area contributed by atoms with Gasteiger partial charge in [0.1, 0.15) is 12.8 Å². The molecule has 1 saturated heterocycles. The Hall–Kier alpha value is -1.36. The Morgan fingerprint density at radius 2 is 2.23 bits per heavy atom. The van der Waals surface area contributed by atoms with Crippen molar-refractivity contribution in [2.24, 2.45) is 0 Å². The summed E-state index contributed by atoms with van der Waals surface area (Å²) in [6, 6.07) is -0.961. The molecule has 1 unspecified atom stereocenters.